The molecular formula is C8H16FNO. The summed E-state index contributed by atoms with van der Waals surface area (Å²) < 4.78 is 17.8. The number of likely N-dealkylation sites (N-methyl/N-ethyl adjacent to an activating group) is 1. The summed E-state index contributed by atoms with van der Waals surface area (Å²) in [5, 5.41) is 0. The summed E-state index contributed by atoms with van der Waals surface area (Å²) in [6.45, 7) is 4.23. The highest BCUT2D eigenvalue weighted by Gasteiger charge is 2.30. The molecule has 1 saturated heterocycles. The summed E-state index contributed by atoms with van der Waals surface area (Å²) >= 11 is 0. The third kappa shape index (κ3) is 2.14. The van der Waals surface area contributed by atoms with Gasteiger partial charge in [0.15, 0.2) is 0 Å². The summed E-state index contributed by atoms with van der Waals surface area (Å²) in [5.41, 5.74) is 0. The average Bonchev–Trinajstić information content (AvgIpc) is 2.32. The van der Waals surface area contributed by atoms with Crippen LogP contribution >= 0.6 is 0 Å². The second kappa shape index (κ2) is 4.02. The van der Waals surface area contributed by atoms with Crippen LogP contribution in [0.4, 0.5) is 4.39 Å². The van der Waals surface area contributed by atoms with E-state index in [4.69, 9.17) is 4.74 Å². The molecule has 0 aliphatic carbocycles. The van der Waals surface area contributed by atoms with Gasteiger partial charge in [0.25, 0.3) is 0 Å². The lowest BCUT2D eigenvalue weighted by molar-refractivity contribution is 0.119. The van der Waals surface area contributed by atoms with Gasteiger partial charge in [0.1, 0.15) is 6.17 Å². The topological polar surface area (TPSA) is 12.5 Å². The van der Waals surface area contributed by atoms with E-state index in [0.717, 1.165) is 6.54 Å². The van der Waals surface area contributed by atoms with Crippen molar-refractivity contribution in [2.75, 3.05) is 26.8 Å². The Labute approximate surface area is 67.3 Å². The zero-order valence-electron chi connectivity index (χ0n) is 7.22. The van der Waals surface area contributed by atoms with Gasteiger partial charge in [-0.1, -0.05) is 6.92 Å². The Balaban J connectivity index is 2.37. The van der Waals surface area contributed by atoms with Crippen molar-refractivity contribution in [3.05, 3.63) is 0 Å². The van der Waals surface area contributed by atoms with Crippen molar-refractivity contribution in [2.24, 2.45) is 0 Å². The molecule has 0 aromatic rings. The lowest BCUT2D eigenvalue weighted by Crippen LogP contribution is -2.32. The van der Waals surface area contributed by atoms with Crippen LogP contribution in [-0.2, 0) is 4.74 Å². The molecular weight excluding hydrogens is 145 g/mol. The SMILES string of the molecule is CCN1C[C@H](F)C[C@H]1COC. The summed E-state index contributed by atoms with van der Waals surface area (Å²) in [4.78, 5) is 2.13. The van der Waals surface area contributed by atoms with Gasteiger partial charge in [-0.2, -0.15) is 0 Å². The number of nitrogens with zero attached hydrogens (tertiary/aromatic N) is 1. The van der Waals surface area contributed by atoms with Crippen molar-refractivity contribution in [2.45, 2.75) is 25.6 Å². The maximum Gasteiger partial charge on any atom is 0.114 e. The van der Waals surface area contributed by atoms with E-state index in [0.29, 0.717) is 25.6 Å². The Morgan fingerprint density at radius 2 is 2.36 bits per heavy atom. The van der Waals surface area contributed by atoms with E-state index < -0.39 is 6.17 Å². The van der Waals surface area contributed by atoms with Crippen LogP contribution in [0, 0.1) is 0 Å². The Hall–Kier alpha value is -0.150. The fraction of sp³-hybridized carbons (Fsp3) is 1.00. The molecule has 0 aromatic heterocycles. The van der Waals surface area contributed by atoms with E-state index in [2.05, 4.69) is 11.8 Å². The zero-order valence-corrected chi connectivity index (χ0v) is 7.22. The minimum Gasteiger partial charge on any atom is -0.383 e. The van der Waals surface area contributed by atoms with Gasteiger partial charge in [-0.15, -0.1) is 0 Å². The van der Waals surface area contributed by atoms with E-state index in [1.807, 2.05) is 0 Å². The molecule has 0 spiro atoms. The Morgan fingerprint density at radius 1 is 1.64 bits per heavy atom. The maximum atomic E-state index is 12.8. The van der Waals surface area contributed by atoms with Crippen LogP contribution in [0.2, 0.25) is 0 Å². The molecule has 66 valence electrons. The van der Waals surface area contributed by atoms with Gasteiger partial charge < -0.3 is 4.74 Å². The number of halogens is 1. The fourth-order valence-corrected chi connectivity index (χ4v) is 1.68. The lowest BCUT2D eigenvalue weighted by atomic mass is 10.2. The normalized spacial score (nSPS) is 33.0. The third-order valence-corrected chi connectivity index (χ3v) is 2.24. The third-order valence-electron chi connectivity index (χ3n) is 2.24. The summed E-state index contributed by atoms with van der Waals surface area (Å²) in [5.74, 6) is 0. The molecule has 0 N–H and O–H groups in total. The molecule has 2 atom stereocenters. The summed E-state index contributed by atoms with van der Waals surface area (Å²) in [7, 11) is 1.67. The molecule has 1 aliphatic heterocycles. The van der Waals surface area contributed by atoms with Crippen LogP contribution in [0.3, 0.4) is 0 Å². The number of methoxy groups -OCH3 is 1. The van der Waals surface area contributed by atoms with Gasteiger partial charge in [-0.05, 0) is 13.0 Å². The molecule has 1 fully saturated rings. The molecule has 0 aromatic carbocycles. The van der Waals surface area contributed by atoms with Crippen molar-refractivity contribution in [1.29, 1.82) is 0 Å². The molecule has 1 heterocycles. The van der Waals surface area contributed by atoms with Crippen molar-refractivity contribution in [1.82, 2.24) is 4.90 Å². The molecule has 0 saturated carbocycles. The first-order chi connectivity index (χ1) is 5.27. The predicted octanol–water partition coefficient (Wildman–Crippen LogP) is 1.07. The van der Waals surface area contributed by atoms with Crippen molar-refractivity contribution in [3.8, 4) is 0 Å². The average molecular weight is 161 g/mol. The highest BCUT2D eigenvalue weighted by Crippen LogP contribution is 2.19. The fourth-order valence-electron chi connectivity index (χ4n) is 1.68. The smallest absolute Gasteiger partial charge is 0.114 e. The van der Waals surface area contributed by atoms with Crippen LogP contribution in [0.15, 0.2) is 0 Å². The number of hydrogen-bond donors (Lipinski definition) is 0. The molecule has 0 radical (unpaired) electrons. The van der Waals surface area contributed by atoms with Crippen molar-refractivity contribution in [3.63, 3.8) is 0 Å². The number of rotatable bonds is 3. The molecule has 0 amide bonds. The molecule has 0 unspecified atom stereocenters. The second-order valence-corrected chi connectivity index (χ2v) is 3.03. The van der Waals surface area contributed by atoms with Crippen LogP contribution in [0.25, 0.3) is 0 Å². The van der Waals surface area contributed by atoms with E-state index in [1.165, 1.54) is 0 Å². The van der Waals surface area contributed by atoms with Gasteiger partial charge in [0, 0.05) is 19.7 Å². The summed E-state index contributed by atoms with van der Waals surface area (Å²) in [6.07, 6.45) is -0.00287. The first kappa shape index (κ1) is 8.94. The minimum absolute atomic E-state index is 0.306. The van der Waals surface area contributed by atoms with E-state index in [9.17, 15) is 4.39 Å². The number of alkyl halides is 1. The molecule has 2 nitrogen and oxygen atoms in total. The van der Waals surface area contributed by atoms with E-state index >= 15 is 0 Å². The van der Waals surface area contributed by atoms with Crippen molar-refractivity contribution >= 4 is 0 Å². The first-order valence-electron chi connectivity index (χ1n) is 4.15. The number of hydrogen-bond acceptors (Lipinski definition) is 2. The molecule has 1 rings (SSSR count). The highest BCUT2D eigenvalue weighted by molar-refractivity contribution is 4.84. The van der Waals surface area contributed by atoms with Gasteiger partial charge in [0.05, 0.1) is 6.61 Å². The molecule has 1 aliphatic rings. The first-order valence-corrected chi connectivity index (χ1v) is 4.15. The van der Waals surface area contributed by atoms with Crippen LogP contribution in [0.1, 0.15) is 13.3 Å². The quantitative estimate of drug-likeness (QED) is 0.613. The Morgan fingerprint density at radius 3 is 2.91 bits per heavy atom. The predicted molar refractivity (Wildman–Crippen MR) is 42.4 cm³/mol. The Bertz CT molecular complexity index is 121. The number of ether oxygens (including phenoxy) is 1. The van der Waals surface area contributed by atoms with Gasteiger partial charge >= 0.3 is 0 Å². The lowest BCUT2D eigenvalue weighted by Gasteiger charge is -2.20. The van der Waals surface area contributed by atoms with Crippen LogP contribution < -0.4 is 0 Å². The minimum atomic E-state index is -0.643. The van der Waals surface area contributed by atoms with Crippen LogP contribution in [-0.4, -0.2) is 43.9 Å². The molecule has 0 bridgehead atoms. The van der Waals surface area contributed by atoms with Crippen molar-refractivity contribution < 1.29 is 9.13 Å². The van der Waals surface area contributed by atoms with Gasteiger partial charge in [-0.3, -0.25) is 4.90 Å². The largest absolute Gasteiger partial charge is 0.383 e. The number of likely N-dealkylation sites (tertiary alicyclic amines) is 1. The van der Waals surface area contributed by atoms with Gasteiger partial charge in [-0.25, -0.2) is 4.39 Å². The Kier molecular flexibility index (Phi) is 3.27. The molecule has 3 heteroatoms. The monoisotopic (exact) mass is 161 g/mol. The zero-order chi connectivity index (χ0) is 8.27. The molecule has 11 heavy (non-hydrogen) atoms. The van der Waals surface area contributed by atoms with E-state index in [1.54, 1.807) is 7.11 Å². The second-order valence-electron chi connectivity index (χ2n) is 3.03. The summed E-state index contributed by atoms with van der Waals surface area (Å²) in [6, 6.07) is 0.306. The van der Waals surface area contributed by atoms with Gasteiger partial charge in [0.2, 0.25) is 0 Å². The standard InChI is InChI=1S/C8H16FNO/c1-3-10-5-7(9)4-8(10)6-11-2/h7-8H,3-6H2,1-2H3/t7-,8+/m1/s1. The maximum absolute atomic E-state index is 12.8. The van der Waals surface area contributed by atoms with Crippen LogP contribution in [0.5, 0.6) is 0 Å². The highest BCUT2D eigenvalue weighted by atomic mass is 19.1. The van der Waals surface area contributed by atoms with E-state index in [-0.39, 0.29) is 0 Å².